The number of hydrogen-bond acceptors (Lipinski definition) is 1. The lowest BCUT2D eigenvalue weighted by atomic mass is 9.98. The van der Waals surface area contributed by atoms with E-state index in [-0.39, 0.29) is 0 Å². The molecule has 1 N–H and O–H groups in total. The van der Waals surface area contributed by atoms with Gasteiger partial charge in [-0.15, -0.1) is 0 Å². The third-order valence-electron chi connectivity index (χ3n) is 4.40. The summed E-state index contributed by atoms with van der Waals surface area (Å²) in [6, 6.07) is 8.64. The maximum atomic E-state index is 3.60. The van der Waals surface area contributed by atoms with Crippen LogP contribution >= 0.6 is 0 Å². The molecule has 1 aromatic carbocycles. The Kier molecular flexibility index (Phi) is 4.31. The molecule has 2 nitrogen and oxygen atoms in total. The van der Waals surface area contributed by atoms with Crippen molar-refractivity contribution in [1.29, 1.82) is 0 Å². The molecule has 19 heavy (non-hydrogen) atoms. The molecule has 2 aromatic rings. The summed E-state index contributed by atoms with van der Waals surface area (Å²) in [7, 11) is 2.16. The number of benzene rings is 1. The molecule has 0 amide bonds. The van der Waals surface area contributed by atoms with Gasteiger partial charge >= 0.3 is 0 Å². The van der Waals surface area contributed by atoms with Gasteiger partial charge in [-0.1, -0.05) is 39.0 Å². The number of nitrogens with one attached hydrogen (secondary N) is 1. The van der Waals surface area contributed by atoms with Crippen LogP contribution in [0.1, 0.15) is 32.0 Å². The molecule has 0 aliphatic carbocycles. The second kappa shape index (κ2) is 5.79. The highest BCUT2D eigenvalue weighted by molar-refractivity contribution is 5.85. The Morgan fingerprint density at radius 2 is 1.84 bits per heavy atom. The first-order valence-electron chi connectivity index (χ1n) is 7.26. The molecule has 0 radical (unpaired) electrons. The van der Waals surface area contributed by atoms with E-state index in [9.17, 15) is 0 Å². The first-order chi connectivity index (χ1) is 9.02. The van der Waals surface area contributed by atoms with Gasteiger partial charge in [0.15, 0.2) is 0 Å². The number of para-hydroxylation sites is 1. The standard InChI is InChI=1S/C17H26N2/c1-12(2)13(3)10-18-11-17-14(4)15-8-6-7-9-16(15)19(17)5/h6-9,12-13,18H,10-11H2,1-5H3. The average molecular weight is 258 g/mol. The van der Waals surface area contributed by atoms with Gasteiger partial charge in [-0.25, -0.2) is 0 Å². The van der Waals surface area contributed by atoms with E-state index >= 15 is 0 Å². The molecule has 2 rings (SSSR count). The van der Waals surface area contributed by atoms with Crippen LogP contribution in [0.3, 0.4) is 0 Å². The maximum Gasteiger partial charge on any atom is 0.0483 e. The summed E-state index contributed by atoms with van der Waals surface area (Å²) in [4.78, 5) is 0. The summed E-state index contributed by atoms with van der Waals surface area (Å²) < 4.78 is 2.32. The van der Waals surface area contributed by atoms with Crippen molar-refractivity contribution in [3.05, 3.63) is 35.5 Å². The molecular weight excluding hydrogens is 232 g/mol. The van der Waals surface area contributed by atoms with Gasteiger partial charge in [0.25, 0.3) is 0 Å². The first-order valence-corrected chi connectivity index (χ1v) is 7.26. The van der Waals surface area contributed by atoms with Crippen LogP contribution in [0.15, 0.2) is 24.3 Å². The van der Waals surface area contributed by atoms with Crippen molar-refractivity contribution >= 4 is 10.9 Å². The van der Waals surface area contributed by atoms with Gasteiger partial charge in [-0.3, -0.25) is 0 Å². The van der Waals surface area contributed by atoms with Crippen molar-refractivity contribution < 1.29 is 0 Å². The lowest BCUT2D eigenvalue weighted by molar-refractivity contribution is 0.390. The minimum Gasteiger partial charge on any atom is -0.346 e. The zero-order valence-corrected chi connectivity index (χ0v) is 12.8. The number of aryl methyl sites for hydroxylation is 2. The zero-order valence-electron chi connectivity index (χ0n) is 12.8. The Labute approximate surface area is 116 Å². The molecule has 1 heterocycles. The molecule has 1 aromatic heterocycles. The second-order valence-electron chi connectivity index (χ2n) is 6.00. The van der Waals surface area contributed by atoms with E-state index in [2.05, 4.69) is 68.9 Å². The molecule has 0 aliphatic rings. The highest BCUT2D eigenvalue weighted by Gasteiger charge is 2.11. The first kappa shape index (κ1) is 14.1. The van der Waals surface area contributed by atoms with E-state index in [1.54, 1.807) is 0 Å². The summed E-state index contributed by atoms with van der Waals surface area (Å²) in [6.07, 6.45) is 0. The molecule has 1 atom stereocenters. The SMILES string of the molecule is Cc1c(CNCC(C)C(C)C)n(C)c2ccccc12. The normalized spacial score (nSPS) is 13.4. The van der Waals surface area contributed by atoms with E-state index in [4.69, 9.17) is 0 Å². The Hall–Kier alpha value is -1.28. The van der Waals surface area contributed by atoms with Crippen LogP contribution < -0.4 is 5.32 Å². The molecular formula is C17H26N2. The van der Waals surface area contributed by atoms with Crippen LogP contribution in [0.5, 0.6) is 0 Å². The van der Waals surface area contributed by atoms with Gasteiger partial charge in [-0.2, -0.15) is 0 Å². The molecule has 0 bridgehead atoms. The van der Waals surface area contributed by atoms with Crippen LogP contribution in [-0.4, -0.2) is 11.1 Å². The Balaban J connectivity index is 2.13. The second-order valence-corrected chi connectivity index (χ2v) is 6.00. The molecule has 0 saturated carbocycles. The monoisotopic (exact) mass is 258 g/mol. The fourth-order valence-corrected chi connectivity index (χ4v) is 2.54. The Bertz CT molecular complexity index is 513. The fraction of sp³-hybridized carbons (Fsp3) is 0.529. The van der Waals surface area contributed by atoms with Crippen molar-refractivity contribution in [3.63, 3.8) is 0 Å². The van der Waals surface area contributed by atoms with Crippen LogP contribution in [0.25, 0.3) is 10.9 Å². The van der Waals surface area contributed by atoms with E-state index < -0.39 is 0 Å². The summed E-state index contributed by atoms with van der Waals surface area (Å²) in [5, 5.41) is 4.98. The predicted octanol–water partition coefficient (Wildman–Crippen LogP) is 3.87. The Morgan fingerprint density at radius 1 is 1.16 bits per heavy atom. The molecule has 104 valence electrons. The van der Waals surface area contributed by atoms with Crippen molar-refractivity contribution in [3.8, 4) is 0 Å². The molecule has 0 spiro atoms. The third kappa shape index (κ3) is 2.84. The third-order valence-corrected chi connectivity index (χ3v) is 4.40. The van der Waals surface area contributed by atoms with E-state index in [0.29, 0.717) is 0 Å². The van der Waals surface area contributed by atoms with Crippen molar-refractivity contribution in [2.24, 2.45) is 18.9 Å². The summed E-state index contributed by atoms with van der Waals surface area (Å²) in [5.41, 5.74) is 4.13. The predicted molar refractivity (Wildman–Crippen MR) is 83.4 cm³/mol. The van der Waals surface area contributed by atoms with Crippen LogP contribution in [0.2, 0.25) is 0 Å². The number of fused-ring (bicyclic) bond motifs is 1. The number of aromatic nitrogens is 1. The summed E-state index contributed by atoms with van der Waals surface area (Å²) in [6.45, 7) is 11.1. The quantitative estimate of drug-likeness (QED) is 0.861. The lowest BCUT2D eigenvalue weighted by Gasteiger charge is -2.16. The number of nitrogens with zero attached hydrogens (tertiary/aromatic N) is 1. The van der Waals surface area contributed by atoms with Crippen LogP contribution in [0, 0.1) is 18.8 Å². The van der Waals surface area contributed by atoms with Gasteiger partial charge < -0.3 is 9.88 Å². The Morgan fingerprint density at radius 3 is 2.47 bits per heavy atom. The molecule has 2 heteroatoms. The van der Waals surface area contributed by atoms with E-state index in [1.807, 2.05) is 0 Å². The topological polar surface area (TPSA) is 17.0 Å². The lowest BCUT2D eigenvalue weighted by Crippen LogP contribution is -2.24. The maximum absolute atomic E-state index is 3.60. The van der Waals surface area contributed by atoms with E-state index in [1.165, 1.54) is 22.2 Å². The van der Waals surface area contributed by atoms with Gasteiger partial charge in [0.2, 0.25) is 0 Å². The minimum absolute atomic E-state index is 0.718. The fourth-order valence-electron chi connectivity index (χ4n) is 2.54. The molecule has 0 fully saturated rings. The molecule has 0 aliphatic heterocycles. The van der Waals surface area contributed by atoms with Crippen LogP contribution in [-0.2, 0) is 13.6 Å². The van der Waals surface area contributed by atoms with Crippen molar-refractivity contribution in [2.75, 3.05) is 6.54 Å². The highest BCUT2D eigenvalue weighted by atomic mass is 15.0. The smallest absolute Gasteiger partial charge is 0.0483 e. The largest absolute Gasteiger partial charge is 0.346 e. The summed E-state index contributed by atoms with van der Waals surface area (Å²) in [5.74, 6) is 1.45. The van der Waals surface area contributed by atoms with Gasteiger partial charge in [0, 0.05) is 30.2 Å². The average Bonchev–Trinajstić information content (AvgIpc) is 2.64. The number of hydrogen-bond donors (Lipinski definition) is 1. The van der Waals surface area contributed by atoms with Gasteiger partial charge in [0.05, 0.1) is 0 Å². The highest BCUT2D eigenvalue weighted by Crippen LogP contribution is 2.24. The molecule has 1 unspecified atom stereocenters. The minimum atomic E-state index is 0.718. The van der Waals surface area contributed by atoms with Gasteiger partial charge in [0.1, 0.15) is 0 Å². The number of rotatable bonds is 5. The van der Waals surface area contributed by atoms with Crippen molar-refractivity contribution in [2.45, 2.75) is 34.2 Å². The van der Waals surface area contributed by atoms with Crippen molar-refractivity contribution in [1.82, 2.24) is 9.88 Å². The summed E-state index contributed by atoms with van der Waals surface area (Å²) >= 11 is 0. The van der Waals surface area contributed by atoms with Crippen LogP contribution in [0.4, 0.5) is 0 Å². The van der Waals surface area contributed by atoms with Gasteiger partial charge in [-0.05, 0) is 36.9 Å². The zero-order chi connectivity index (χ0) is 14.0. The van der Waals surface area contributed by atoms with E-state index in [0.717, 1.165) is 24.9 Å². The molecule has 0 saturated heterocycles.